The molecular weight excluding hydrogens is 345 g/mol. The molecule has 4 heteroatoms. The van der Waals surface area contributed by atoms with Gasteiger partial charge in [-0.1, -0.05) is 18.7 Å². The van der Waals surface area contributed by atoms with Crippen molar-refractivity contribution in [1.29, 1.82) is 0 Å². The summed E-state index contributed by atoms with van der Waals surface area (Å²) in [6.07, 6.45) is 5.81. The van der Waals surface area contributed by atoms with Crippen molar-refractivity contribution in [3.05, 3.63) is 0 Å². The van der Waals surface area contributed by atoms with Crippen molar-refractivity contribution in [2.75, 3.05) is 25.9 Å². The molecule has 0 N–H and O–H groups in total. The Morgan fingerprint density at radius 3 is 2.71 bits per heavy atom. The molecule has 1 fully saturated rings. The normalized spacial score (nSPS) is 28.5. The highest BCUT2D eigenvalue weighted by molar-refractivity contribution is 8.13. The van der Waals surface area contributed by atoms with Gasteiger partial charge in [-0.25, -0.2) is 0 Å². The van der Waals surface area contributed by atoms with Gasteiger partial charge in [-0.2, -0.15) is 0 Å². The minimum absolute atomic E-state index is 0. The number of thioether (sulfide) groups is 1. The largest absolute Gasteiger partial charge is 1.00 e. The van der Waals surface area contributed by atoms with E-state index in [2.05, 4.69) is 20.9 Å². The molecule has 1 rings (SSSR count). The number of nitrogens with zero attached hydrogens (tertiary/aromatic N) is 1. The first-order chi connectivity index (χ1) is 7.58. The number of hydrogen-bond donors (Lipinski definition) is 0. The van der Waals surface area contributed by atoms with Crippen molar-refractivity contribution in [3.63, 3.8) is 0 Å². The molecule has 2 nitrogen and oxygen atoms in total. The molecular formula is C13H26INOS. The predicted octanol–water partition coefficient (Wildman–Crippen LogP) is 0.0693. The van der Waals surface area contributed by atoms with Crippen molar-refractivity contribution in [3.8, 4) is 0 Å². The summed E-state index contributed by atoms with van der Waals surface area (Å²) >= 11 is 1.54. The first kappa shape index (κ1) is 17.7. The molecule has 0 bridgehead atoms. The lowest BCUT2D eigenvalue weighted by molar-refractivity contribution is -0.934. The Morgan fingerprint density at radius 1 is 1.41 bits per heavy atom. The van der Waals surface area contributed by atoms with E-state index in [1.807, 2.05) is 0 Å². The van der Waals surface area contributed by atoms with Gasteiger partial charge in [-0.05, 0) is 32.6 Å². The van der Waals surface area contributed by atoms with Gasteiger partial charge in [-0.3, -0.25) is 4.79 Å². The van der Waals surface area contributed by atoms with Crippen LogP contribution in [0.3, 0.4) is 0 Å². The van der Waals surface area contributed by atoms with Gasteiger partial charge in [0.2, 0.25) is 0 Å². The van der Waals surface area contributed by atoms with Crippen LogP contribution < -0.4 is 24.0 Å². The maximum atomic E-state index is 11.4. The van der Waals surface area contributed by atoms with E-state index in [9.17, 15) is 4.79 Å². The van der Waals surface area contributed by atoms with Crippen LogP contribution in [0.2, 0.25) is 0 Å². The first-order valence-electron chi connectivity index (χ1n) is 6.58. The zero-order valence-corrected chi connectivity index (χ0v) is 14.3. The zero-order chi connectivity index (χ0) is 12.0. The van der Waals surface area contributed by atoms with Gasteiger partial charge in [0, 0.05) is 6.42 Å². The second-order valence-corrected chi connectivity index (χ2v) is 6.39. The van der Waals surface area contributed by atoms with Crippen molar-refractivity contribution >= 4 is 16.9 Å². The fraction of sp³-hybridized carbons (Fsp3) is 0.923. The summed E-state index contributed by atoms with van der Waals surface area (Å²) < 4.78 is 1.17. The third-order valence-corrected chi connectivity index (χ3v) is 4.84. The van der Waals surface area contributed by atoms with Gasteiger partial charge in [-0.15, -0.1) is 0 Å². The second kappa shape index (κ2) is 8.75. The van der Waals surface area contributed by atoms with Crippen LogP contribution in [-0.4, -0.2) is 41.5 Å². The fourth-order valence-corrected chi connectivity index (χ4v) is 3.51. The van der Waals surface area contributed by atoms with Gasteiger partial charge in [0.15, 0.2) is 5.12 Å². The molecule has 102 valence electrons. The Kier molecular flexibility index (Phi) is 9.12. The topological polar surface area (TPSA) is 17.1 Å². The number of piperidine rings is 1. The lowest BCUT2D eigenvalue weighted by Crippen LogP contribution is -3.00. The van der Waals surface area contributed by atoms with E-state index in [0.29, 0.717) is 5.12 Å². The molecule has 0 aliphatic carbocycles. The smallest absolute Gasteiger partial charge is 0.189 e. The van der Waals surface area contributed by atoms with Crippen LogP contribution in [0.25, 0.3) is 0 Å². The Labute approximate surface area is 128 Å². The molecule has 17 heavy (non-hydrogen) atoms. The molecule has 1 aliphatic heterocycles. The summed E-state index contributed by atoms with van der Waals surface area (Å²) in [6, 6.07) is 0.774. The Hall–Kier alpha value is 0.710. The summed E-state index contributed by atoms with van der Waals surface area (Å²) in [4.78, 5) is 11.4. The maximum Gasteiger partial charge on any atom is 0.189 e. The van der Waals surface area contributed by atoms with Crippen LogP contribution in [0.5, 0.6) is 0 Å². The van der Waals surface area contributed by atoms with E-state index in [-0.39, 0.29) is 24.0 Å². The summed E-state index contributed by atoms with van der Waals surface area (Å²) in [5.74, 6) is 1.000. The predicted molar refractivity (Wildman–Crippen MR) is 71.6 cm³/mol. The number of hydrogen-bond acceptors (Lipinski definition) is 2. The van der Waals surface area contributed by atoms with Gasteiger partial charge >= 0.3 is 0 Å². The van der Waals surface area contributed by atoms with Crippen molar-refractivity contribution in [2.24, 2.45) is 0 Å². The summed E-state index contributed by atoms with van der Waals surface area (Å²) in [5, 5.41) is 0.374. The molecule has 0 saturated carbocycles. The van der Waals surface area contributed by atoms with Crippen molar-refractivity contribution < 1.29 is 33.3 Å². The molecule has 1 heterocycles. The van der Waals surface area contributed by atoms with E-state index < -0.39 is 0 Å². The van der Waals surface area contributed by atoms with Crippen molar-refractivity contribution in [1.82, 2.24) is 0 Å². The van der Waals surface area contributed by atoms with Crippen LogP contribution in [0.15, 0.2) is 0 Å². The lowest BCUT2D eigenvalue weighted by atomic mass is 10.0. The number of rotatable bonds is 5. The molecule has 0 spiro atoms. The zero-order valence-electron chi connectivity index (χ0n) is 11.4. The minimum Gasteiger partial charge on any atom is -1.00 e. The van der Waals surface area contributed by atoms with E-state index in [1.165, 1.54) is 30.3 Å². The lowest BCUT2D eigenvalue weighted by Gasteiger charge is -2.43. The molecule has 0 radical (unpaired) electrons. The summed E-state index contributed by atoms with van der Waals surface area (Å²) in [5.41, 5.74) is 0. The summed E-state index contributed by atoms with van der Waals surface area (Å²) in [7, 11) is 2.36. The molecule has 2 atom stereocenters. The van der Waals surface area contributed by atoms with Crippen LogP contribution in [0.1, 0.15) is 46.0 Å². The van der Waals surface area contributed by atoms with E-state index in [4.69, 9.17) is 0 Å². The minimum atomic E-state index is 0. The van der Waals surface area contributed by atoms with Crippen molar-refractivity contribution in [2.45, 2.75) is 52.0 Å². The monoisotopic (exact) mass is 371 g/mol. The highest BCUT2D eigenvalue weighted by Gasteiger charge is 2.31. The average Bonchev–Trinajstić information content (AvgIpc) is 2.23. The van der Waals surface area contributed by atoms with E-state index in [0.717, 1.165) is 31.2 Å². The average molecular weight is 371 g/mol. The van der Waals surface area contributed by atoms with Gasteiger partial charge in [0.25, 0.3) is 0 Å². The fourth-order valence-electron chi connectivity index (χ4n) is 2.42. The van der Waals surface area contributed by atoms with Crippen LogP contribution in [-0.2, 0) is 4.79 Å². The number of halogens is 1. The Morgan fingerprint density at radius 2 is 2.12 bits per heavy atom. The van der Waals surface area contributed by atoms with Gasteiger partial charge in [0.05, 0.1) is 31.9 Å². The summed E-state index contributed by atoms with van der Waals surface area (Å²) in [6.45, 7) is 6.88. The third-order valence-electron chi connectivity index (χ3n) is 3.92. The SMILES string of the molecule is CCCC(=O)SCC[N+]1(C)CCCCC1C.[I-]. The molecule has 0 amide bonds. The highest BCUT2D eigenvalue weighted by Crippen LogP contribution is 2.24. The van der Waals surface area contributed by atoms with Crippen LogP contribution in [0, 0.1) is 0 Å². The molecule has 0 aromatic carbocycles. The quantitative estimate of drug-likeness (QED) is 0.503. The molecule has 1 saturated heterocycles. The molecule has 0 aromatic rings. The van der Waals surface area contributed by atoms with Crippen LogP contribution in [0.4, 0.5) is 0 Å². The van der Waals surface area contributed by atoms with E-state index >= 15 is 0 Å². The molecule has 2 unspecified atom stereocenters. The molecule has 1 aliphatic rings. The Bertz CT molecular complexity index is 237. The maximum absolute atomic E-state index is 11.4. The third kappa shape index (κ3) is 5.92. The number of likely N-dealkylation sites (tertiary alicyclic amines) is 1. The van der Waals surface area contributed by atoms with Crippen LogP contribution >= 0.6 is 11.8 Å². The standard InChI is InChI=1S/C13H26NOS.HI/c1-4-7-13(15)16-11-10-14(3)9-6-5-8-12(14)2;/h12H,4-11H2,1-3H3;1H/q+1;/p-1. The molecule has 0 aromatic heterocycles. The number of carbonyl (C=O) groups excluding carboxylic acids is 1. The first-order valence-corrected chi connectivity index (χ1v) is 7.57. The number of quaternary nitrogens is 1. The van der Waals surface area contributed by atoms with Gasteiger partial charge < -0.3 is 28.5 Å². The Balaban J connectivity index is 0.00000256. The highest BCUT2D eigenvalue weighted by atomic mass is 127. The van der Waals surface area contributed by atoms with Gasteiger partial charge in [0.1, 0.15) is 0 Å². The number of carbonyl (C=O) groups is 1. The van der Waals surface area contributed by atoms with E-state index in [1.54, 1.807) is 11.8 Å². The second-order valence-electron chi connectivity index (χ2n) is 5.24.